The highest BCUT2D eigenvalue weighted by atomic mass is 79.9. The molecule has 2 heterocycles. The highest BCUT2D eigenvalue weighted by Gasteiger charge is 2.25. The predicted molar refractivity (Wildman–Crippen MR) is 80.9 cm³/mol. The molecule has 0 fully saturated rings. The van der Waals surface area contributed by atoms with Gasteiger partial charge in [0.15, 0.2) is 0 Å². The van der Waals surface area contributed by atoms with Crippen molar-refractivity contribution >= 4 is 27.0 Å². The molecule has 1 aliphatic rings. The number of hydrogen-bond acceptors (Lipinski definition) is 2. The van der Waals surface area contributed by atoms with Gasteiger partial charge in [0.25, 0.3) is 0 Å². The SMILES string of the molecule is O=c1[nH]c2cnccc2n1C1Cc2ccc(Br)cc2C1. The number of hydrogen-bond donors (Lipinski definition) is 1. The summed E-state index contributed by atoms with van der Waals surface area (Å²) in [5, 5.41) is 0. The molecule has 3 aromatic rings. The highest BCUT2D eigenvalue weighted by Crippen LogP contribution is 2.32. The fourth-order valence-electron chi connectivity index (χ4n) is 3.09. The first-order chi connectivity index (χ1) is 9.72. The van der Waals surface area contributed by atoms with Gasteiger partial charge in [-0.25, -0.2) is 4.79 Å². The van der Waals surface area contributed by atoms with Gasteiger partial charge in [-0.3, -0.25) is 9.55 Å². The summed E-state index contributed by atoms with van der Waals surface area (Å²) in [4.78, 5) is 19.1. The topological polar surface area (TPSA) is 50.7 Å². The van der Waals surface area contributed by atoms with Gasteiger partial charge in [0.2, 0.25) is 0 Å². The number of pyridine rings is 1. The van der Waals surface area contributed by atoms with E-state index in [0.29, 0.717) is 0 Å². The van der Waals surface area contributed by atoms with E-state index in [0.717, 1.165) is 28.3 Å². The van der Waals surface area contributed by atoms with Gasteiger partial charge in [0.1, 0.15) is 0 Å². The van der Waals surface area contributed by atoms with E-state index in [4.69, 9.17) is 0 Å². The largest absolute Gasteiger partial charge is 0.326 e. The third-order valence-corrected chi connectivity index (χ3v) is 4.46. The number of aromatic nitrogens is 3. The van der Waals surface area contributed by atoms with E-state index < -0.39 is 0 Å². The Bertz CT molecular complexity index is 865. The minimum absolute atomic E-state index is 0.0510. The van der Waals surface area contributed by atoms with Gasteiger partial charge in [-0.15, -0.1) is 0 Å². The summed E-state index contributed by atoms with van der Waals surface area (Å²) < 4.78 is 2.96. The predicted octanol–water partition coefficient (Wildman–Crippen LogP) is 2.83. The van der Waals surface area contributed by atoms with Crippen molar-refractivity contribution in [1.29, 1.82) is 0 Å². The van der Waals surface area contributed by atoms with Crippen LogP contribution < -0.4 is 5.69 Å². The molecule has 20 heavy (non-hydrogen) atoms. The van der Waals surface area contributed by atoms with Crippen LogP contribution in [0.4, 0.5) is 0 Å². The Morgan fingerprint density at radius 1 is 1.25 bits per heavy atom. The summed E-state index contributed by atoms with van der Waals surface area (Å²) in [7, 11) is 0. The van der Waals surface area contributed by atoms with Gasteiger partial charge in [-0.05, 0) is 42.2 Å². The first-order valence-corrected chi connectivity index (χ1v) is 7.33. The smallest absolute Gasteiger partial charge is 0.304 e. The molecular formula is C15H12BrN3O. The zero-order valence-electron chi connectivity index (χ0n) is 10.6. The lowest BCUT2D eigenvalue weighted by molar-refractivity contribution is 0.528. The second kappa shape index (κ2) is 4.31. The maximum atomic E-state index is 12.2. The molecule has 100 valence electrons. The van der Waals surface area contributed by atoms with Crippen LogP contribution in [0.5, 0.6) is 0 Å². The van der Waals surface area contributed by atoms with Gasteiger partial charge in [-0.2, -0.15) is 0 Å². The fourth-order valence-corrected chi connectivity index (χ4v) is 3.50. The van der Waals surface area contributed by atoms with E-state index in [1.54, 1.807) is 12.4 Å². The lowest BCUT2D eigenvalue weighted by Gasteiger charge is -2.11. The van der Waals surface area contributed by atoms with Gasteiger partial charge in [0, 0.05) is 16.7 Å². The van der Waals surface area contributed by atoms with Crippen LogP contribution in [0.15, 0.2) is 45.9 Å². The molecular weight excluding hydrogens is 318 g/mol. The van der Waals surface area contributed by atoms with E-state index >= 15 is 0 Å². The molecule has 0 saturated heterocycles. The zero-order valence-corrected chi connectivity index (χ0v) is 12.2. The number of H-pyrrole nitrogens is 1. The Morgan fingerprint density at radius 2 is 2.10 bits per heavy atom. The minimum atomic E-state index is -0.0510. The van der Waals surface area contributed by atoms with Crippen molar-refractivity contribution in [2.24, 2.45) is 0 Å². The van der Waals surface area contributed by atoms with E-state index in [2.05, 4.69) is 44.1 Å². The summed E-state index contributed by atoms with van der Waals surface area (Å²) >= 11 is 3.50. The van der Waals surface area contributed by atoms with Crippen molar-refractivity contribution in [3.05, 3.63) is 62.7 Å². The monoisotopic (exact) mass is 329 g/mol. The average molecular weight is 330 g/mol. The number of halogens is 1. The van der Waals surface area contributed by atoms with E-state index in [9.17, 15) is 4.79 Å². The van der Waals surface area contributed by atoms with Crippen LogP contribution in [0, 0.1) is 0 Å². The van der Waals surface area contributed by atoms with Gasteiger partial charge in [0.05, 0.1) is 17.2 Å². The summed E-state index contributed by atoms with van der Waals surface area (Å²) in [6.07, 6.45) is 5.22. The quantitative estimate of drug-likeness (QED) is 0.746. The molecule has 1 N–H and O–H groups in total. The van der Waals surface area contributed by atoms with E-state index in [-0.39, 0.29) is 11.7 Å². The number of benzene rings is 1. The van der Waals surface area contributed by atoms with Crippen molar-refractivity contribution in [2.45, 2.75) is 18.9 Å². The third-order valence-electron chi connectivity index (χ3n) is 3.96. The van der Waals surface area contributed by atoms with Crippen LogP contribution in [0.2, 0.25) is 0 Å². The molecule has 0 radical (unpaired) electrons. The molecule has 1 aliphatic carbocycles. The zero-order chi connectivity index (χ0) is 13.7. The van der Waals surface area contributed by atoms with Crippen LogP contribution in [0.1, 0.15) is 17.2 Å². The Hall–Kier alpha value is -1.88. The Balaban J connectivity index is 1.83. The molecule has 1 unspecified atom stereocenters. The molecule has 5 heteroatoms. The van der Waals surface area contributed by atoms with Gasteiger partial charge < -0.3 is 4.98 Å². The van der Waals surface area contributed by atoms with Crippen LogP contribution in [0.3, 0.4) is 0 Å². The molecule has 0 amide bonds. The molecule has 1 atom stereocenters. The Kier molecular flexibility index (Phi) is 2.57. The lowest BCUT2D eigenvalue weighted by atomic mass is 10.1. The summed E-state index contributed by atoms with van der Waals surface area (Å²) in [5.74, 6) is 0. The maximum Gasteiger partial charge on any atom is 0.326 e. The maximum absolute atomic E-state index is 12.2. The number of aromatic amines is 1. The average Bonchev–Trinajstić information content (AvgIpc) is 2.97. The highest BCUT2D eigenvalue weighted by molar-refractivity contribution is 9.10. The van der Waals surface area contributed by atoms with Gasteiger partial charge in [-0.1, -0.05) is 22.0 Å². The van der Waals surface area contributed by atoms with Crippen molar-refractivity contribution in [3.8, 4) is 0 Å². The standard InChI is InChI=1S/C15H12BrN3O/c16-11-2-1-9-6-12(7-10(9)5-11)19-14-3-4-17-8-13(14)18-15(19)20/h1-5,8,12H,6-7H2,(H,18,20). The van der Waals surface area contributed by atoms with Crippen molar-refractivity contribution in [3.63, 3.8) is 0 Å². The van der Waals surface area contributed by atoms with Crippen molar-refractivity contribution in [2.75, 3.05) is 0 Å². The third kappa shape index (κ3) is 1.73. The summed E-state index contributed by atoms with van der Waals surface area (Å²) in [5.41, 5.74) is 4.33. The first-order valence-electron chi connectivity index (χ1n) is 6.54. The number of rotatable bonds is 1. The van der Waals surface area contributed by atoms with Crippen molar-refractivity contribution in [1.82, 2.24) is 14.5 Å². The Morgan fingerprint density at radius 3 is 3.00 bits per heavy atom. The molecule has 0 aliphatic heterocycles. The second-order valence-corrected chi connectivity index (χ2v) is 6.08. The number of nitrogens with zero attached hydrogens (tertiary/aromatic N) is 2. The number of fused-ring (bicyclic) bond motifs is 2. The van der Waals surface area contributed by atoms with Crippen molar-refractivity contribution < 1.29 is 0 Å². The summed E-state index contributed by atoms with van der Waals surface area (Å²) in [6, 6.07) is 8.43. The molecule has 4 rings (SSSR count). The summed E-state index contributed by atoms with van der Waals surface area (Å²) in [6.45, 7) is 0. The van der Waals surface area contributed by atoms with E-state index in [1.165, 1.54) is 11.1 Å². The number of imidazole rings is 1. The number of nitrogens with one attached hydrogen (secondary N) is 1. The fraction of sp³-hybridized carbons (Fsp3) is 0.200. The normalized spacial score (nSPS) is 17.6. The molecule has 0 spiro atoms. The van der Waals surface area contributed by atoms with Crippen LogP contribution in [-0.4, -0.2) is 14.5 Å². The van der Waals surface area contributed by atoms with Gasteiger partial charge >= 0.3 is 5.69 Å². The van der Waals surface area contributed by atoms with Crippen LogP contribution in [0.25, 0.3) is 11.0 Å². The molecule has 0 bridgehead atoms. The minimum Gasteiger partial charge on any atom is -0.304 e. The first kappa shape index (κ1) is 11.9. The molecule has 0 saturated carbocycles. The molecule has 4 nitrogen and oxygen atoms in total. The molecule has 1 aromatic carbocycles. The second-order valence-electron chi connectivity index (χ2n) is 5.17. The molecule has 2 aromatic heterocycles. The van der Waals surface area contributed by atoms with Crippen LogP contribution in [-0.2, 0) is 12.8 Å². The Labute approximate surface area is 123 Å². The van der Waals surface area contributed by atoms with E-state index in [1.807, 2.05) is 10.6 Å². The lowest BCUT2D eigenvalue weighted by Crippen LogP contribution is -2.22. The van der Waals surface area contributed by atoms with Crippen LogP contribution >= 0.6 is 15.9 Å².